The molecule has 0 bridgehead atoms. The van der Waals surface area contributed by atoms with Crippen molar-refractivity contribution in [1.82, 2.24) is 4.72 Å². The molecule has 2 atom stereocenters. The molecule has 1 rings (SSSR count). The molecule has 0 radical (unpaired) electrons. The van der Waals surface area contributed by atoms with Crippen molar-refractivity contribution in [3.8, 4) is 0 Å². The van der Waals surface area contributed by atoms with Crippen molar-refractivity contribution in [1.29, 1.82) is 0 Å². The van der Waals surface area contributed by atoms with Crippen LogP contribution in [0.3, 0.4) is 0 Å². The van der Waals surface area contributed by atoms with Gasteiger partial charge in [-0.05, 0) is 37.6 Å². The van der Waals surface area contributed by atoms with Crippen molar-refractivity contribution in [3.05, 3.63) is 29.6 Å². The Kier molecular flexibility index (Phi) is 4.61. The minimum absolute atomic E-state index is 0.141. The van der Waals surface area contributed by atoms with Crippen molar-refractivity contribution in [2.75, 3.05) is 0 Å². The molecule has 6 nitrogen and oxygen atoms in total. The fourth-order valence-corrected chi connectivity index (χ4v) is 2.99. The highest BCUT2D eigenvalue weighted by atomic mass is 32.2. The molecule has 0 spiro atoms. The van der Waals surface area contributed by atoms with Gasteiger partial charge in [-0.1, -0.05) is 0 Å². The second-order valence-electron chi connectivity index (χ2n) is 4.09. The average Bonchev–Trinajstić information content (AvgIpc) is 2.24. The Morgan fingerprint density at radius 1 is 1.42 bits per heavy atom. The number of nitrogens with one attached hydrogen (secondary N) is 1. The van der Waals surface area contributed by atoms with Crippen LogP contribution in [0.25, 0.3) is 0 Å². The quantitative estimate of drug-likeness (QED) is 0.721. The molecule has 0 aliphatic carbocycles. The first-order valence-corrected chi connectivity index (χ1v) is 6.83. The summed E-state index contributed by atoms with van der Waals surface area (Å²) in [6, 6.07) is 1.34. The van der Waals surface area contributed by atoms with Crippen LogP contribution >= 0.6 is 0 Å². The fourth-order valence-electron chi connectivity index (χ4n) is 1.50. The topological polar surface area (TPSA) is 104 Å². The molecule has 0 heterocycles. The van der Waals surface area contributed by atoms with Crippen molar-refractivity contribution < 1.29 is 27.8 Å². The van der Waals surface area contributed by atoms with E-state index in [9.17, 15) is 22.7 Å². The molecule has 0 aliphatic rings. The molecule has 0 amide bonds. The highest BCUT2D eigenvalue weighted by Crippen LogP contribution is 2.16. The molecule has 106 valence electrons. The molecule has 0 fully saturated rings. The van der Waals surface area contributed by atoms with Gasteiger partial charge in [0.15, 0.2) is 0 Å². The Labute approximate surface area is 109 Å². The summed E-state index contributed by atoms with van der Waals surface area (Å²) in [5, 5.41) is 18.1. The molecular formula is C11H14FNO5S. The number of halogens is 1. The van der Waals surface area contributed by atoms with Gasteiger partial charge in [0.05, 0.1) is 11.0 Å². The first-order valence-electron chi connectivity index (χ1n) is 5.34. The zero-order valence-corrected chi connectivity index (χ0v) is 11.1. The van der Waals surface area contributed by atoms with Crippen molar-refractivity contribution in [2.24, 2.45) is 0 Å². The molecule has 0 saturated heterocycles. The van der Waals surface area contributed by atoms with Crippen LogP contribution in [-0.2, 0) is 14.8 Å². The Bertz CT molecular complexity index is 585. The van der Waals surface area contributed by atoms with Crippen LogP contribution in [0, 0.1) is 12.7 Å². The van der Waals surface area contributed by atoms with Gasteiger partial charge in [0, 0.05) is 0 Å². The standard InChI is InChI=1S/C11H14FNO5S/c1-6-5-8(12)3-4-9(6)19(17,18)13-10(7(2)14)11(15)16/h3-5,7,10,13-14H,1-2H3,(H,15,16). The summed E-state index contributed by atoms with van der Waals surface area (Å²) in [4.78, 5) is 10.6. The number of hydrogen-bond acceptors (Lipinski definition) is 4. The van der Waals surface area contributed by atoms with Crippen LogP contribution in [0.15, 0.2) is 23.1 Å². The van der Waals surface area contributed by atoms with Crippen LogP contribution in [0.1, 0.15) is 12.5 Å². The third kappa shape index (κ3) is 3.72. The lowest BCUT2D eigenvalue weighted by Gasteiger charge is -2.18. The lowest BCUT2D eigenvalue weighted by molar-refractivity contribution is -0.141. The zero-order chi connectivity index (χ0) is 14.8. The van der Waals surface area contributed by atoms with Crippen LogP contribution in [-0.4, -0.2) is 36.7 Å². The van der Waals surface area contributed by atoms with Gasteiger partial charge in [-0.2, -0.15) is 4.72 Å². The second kappa shape index (κ2) is 5.64. The summed E-state index contributed by atoms with van der Waals surface area (Å²) in [6.45, 7) is 2.54. The monoisotopic (exact) mass is 291 g/mol. The molecule has 19 heavy (non-hydrogen) atoms. The summed E-state index contributed by atoms with van der Waals surface area (Å²) < 4.78 is 38.7. The van der Waals surface area contributed by atoms with Gasteiger partial charge in [-0.15, -0.1) is 0 Å². The smallest absolute Gasteiger partial charge is 0.324 e. The Hall–Kier alpha value is -1.51. The second-order valence-corrected chi connectivity index (χ2v) is 5.77. The summed E-state index contributed by atoms with van der Waals surface area (Å²) in [6.07, 6.45) is -1.41. The van der Waals surface area contributed by atoms with E-state index in [0.29, 0.717) is 0 Å². The molecule has 3 N–H and O–H groups in total. The number of aryl methyl sites for hydroxylation is 1. The van der Waals surface area contributed by atoms with E-state index in [0.717, 1.165) is 25.1 Å². The molecule has 0 aromatic heterocycles. The highest BCUT2D eigenvalue weighted by Gasteiger charge is 2.29. The first-order chi connectivity index (χ1) is 8.65. The van der Waals surface area contributed by atoms with Crippen LogP contribution in [0.2, 0.25) is 0 Å². The van der Waals surface area contributed by atoms with Gasteiger partial charge in [0.25, 0.3) is 0 Å². The van der Waals surface area contributed by atoms with E-state index >= 15 is 0 Å². The molecule has 0 aliphatic heterocycles. The maximum atomic E-state index is 12.9. The minimum atomic E-state index is -4.15. The summed E-state index contributed by atoms with van der Waals surface area (Å²) in [5.41, 5.74) is 0.141. The fraction of sp³-hybridized carbons (Fsp3) is 0.364. The van der Waals surface area contributed by atoms with Gasteiger partial charge in [-0.3, -0.25) is 4.79 Å². The Morgan fingerprint density at radius 3 is 2.42 bits per heavy atom. The highest BCUT2D eigenvalue weighted by molar-refractivity contribution is 7.89. The molecular weight excluding hydrogens is 277 g/mol. The molecule has 1 aromatic carbocycles. The van der Waals surface area contributed by atoms with Gasteiger partial charge in [0.1, 0.15) is 11.9 Å². The number of carbonyl (C=O) groups is 1. The predicted octanol–water partition coefficient (Wildman–Crippen LogP) is 0.246. The van der Waals surface area contributed by atoms with Gasteiger partial charge in [-0.25, -0.2) is 12.8 Å². The maximum Gasteiger partial charge on any atom is 0.324 e. The first kappa shape index (κ1) is 15.5. The number of rotatable bonds is 5. The zero-order valence-electron chi connectivity index (χ0n) is 10.3. The van der Waals surface area contributed by atoms with E-state index in [2.05, 4.69) is 0 Å². The third-order valence-electron chi connectivity index (χ3n) is 2.46. The van der Waals surface area contributed by atoms with E-state index in [4.69, 9.17) is 5.11 Å². The molecule has 2 unspecified atom stereocenters. The van der Waals surface area contributed by atoms with Crippen LogP contribution in [0.5, 0.6) is 0 Å². The molecule has 8 heteroatoms. The number of aliphatic hydroxyl groups is 1. The van der Waals surface area contributed by atoms with Crippen molar-refractivity contribution in [3.63, 3.8) is 0 Å². The van der Waals surface area contributed by atoms with E-state index in [-0.39, 0.29) is 10.5 Å². The number of sulfonamides is 1. The van der Waals surface area contributed by atoms with Gasteiger partial charge < -0.3 is 10.2 Å². The molecule has 0 saturated carbocycles. The number of aliphatic hydroxyl groups excluding tert-OH is 1. The van der Waals surface area contributed by atoms with E-state index in [1.54, 1.807) is 0 Å². The third-order valence-corrected chi connectivity index (χ3v) is 4.06. The summed E-state index contributed by atoms with van der Waals surface area (Å²) >= 11 is 0. The number of aliphatic carboxylic acids is 1. The normalized spacial score (nSPS) is 14.9. The predicted molar refractivity (Wildman–Crippen MR) is 64.6 cm³/mol. The number of benzene rings is 1. The number of carboxylic acids is 1. The van der Waals surface area contributed by atoms with Gasteiger partial charge in [0.2, 0.25) is 10.0 Å². The molecule has 1 aromatic rings. The van der Waals surface area contributed by atoms with Crippen molar-refractivity contribution >= 4 is 16.0 Å². The lowest BCUT2D eigenvalue weighted by atomic mass is 10.2. The van der Waals surface area contributed by atoms with Crippen molar-refractivity contribution in [2.45, 2.75) is 30.9 Å². The summed E-state index contributed by atoms with van der Waals surface area (Å²) in [5.74, 6) is -2.10. The number of carboxylic acid groups (broad SMARTS) is 1. The SMILES string of the molecule is Cc1cc(F)ccc1S(=O)(=O)NC(C(=O)O)C(C)O. The lowest BCUT2D eigenvalue weighted by Crippen LogP contribution is -2.47. The van der Waals surface area contributed by atoms with E-state index in [1.165, 1.54) is 6.92 Å². The Balaban J connectivity index is 3.14. The summed E-state index contributed by atoms with van der Waals surface area (Å²) in [7, 11) is -4.15. The number of hydrogen-bond donors (Lipinski definition) is 3. The maximum absolute atomic E-state index is 12.9. The van der Waals surface area contributed by atoms with Gasteiger partial charge >= 0.3 is 5.97 Å². The average molecular weight is 291 g/mol. The van der Waals surface area contributed by atoms with Crippen LogP contribution in [0.4, 0.5) is 4.39 Å². The van der Waals surface area contributed by atoms with Crippen LogP contribution < -0.4 is 4.72 Å². The largest absolute Gasteiger partial charge is 0.480 e. The van der Waals surface area contributed by atoms with E-state index < -0.39 is 34.0 Å². The Morgan fingerprint density at radius 2 is 2.00 bits per heavy atom. The minimum Gasteiger partial charge on any atom is -0.480 e. The van der Waals surface area contributed by atoms with E-state index in [1.807, 2.05) is 4.72 Å².